The molecule has 3 saturated carbocycles. The summed E-state index contributed by atoms with van der Waals surface area (Å²) in [4.78, 5) is 12.8. The monoisotopic (exact) mass is 304 g/mol. The zero-order valence-corrected chi connectivity index (χ0v) is 14.7. The van der Waals surface area contributed by atoms with Gasteiger partial charge in [0, 0.05) is 17.8 Å². The van der Waals surface area contributed by atoms with Gasteiger partial charge in [-0.05, 0) is 54.8 Å². The normalized spacial score (nSPS) is 55.2. The molecule has 0 aromatic rings. The van der Waals surface area contributed by atoms with Crippen LogP contribution in [0.15, 0.2) is 12.7 Å². The molecule has 2 bridgehead atoms. The minimum atomic E-state index is -0.392. The third kappa shape index (κ3) is 1.85. The smallest absolute Gasteiger partial charge is 0.137 e. The van der Waals surface area contributed by atoms with Crippen LogP contribution >= 0.6 is 0 Å². The minimum Gasteiger partial charge on any atom is -0.392 e. The summed E-state index contributed by atoms with van der Waals surface area (Å²) in [6.07, 6.45) is 7.52. The number of aliphatic hydroxyl groups is 1. The molecule has 22 heavy (non-hydrogen) atoms. The van der Waals surface area contributed by atoms with Crippen molar-refractivity contribution in [1.29, 1.82) is 0 Å². The number of carbonyl (C=O) groups is 1. The fourth-order valence-corrected chi connectivity index (χ4v) is 6.26. The second-order valence-corrected chi connectivity index (χ2v) is 9.02. The largest absolute Gasteiger partial charge is 0.392 e. The molecule has 3 fully saturated rings. The van der Waals surface area contributed by atoms with Gasteiger partial charge in [0.15, 0.2) is 0 Å². The third-order valence-corrected chi connectivity index (χ3v) is 8.29. The Bertz CT molecular complexity index is 498. The molecule has 3 aliphatic rings. The van der Waals surface area contributed by atoms with E-state index in [4.69, 9.17) is 0 Å². The van der Waals surface area contributed by atoms with Crippen LogP contribution in [0.25, 0.3) is 0 Å². The summed E-state index contributed by atoms with van der Waals surface area (Å²) >= 11 is 0. The molecule has 0 aromatic heterocycles. The zero-order valence-electron chi connectivity index (χ0n) is 14.7. The number of carbonyl (C=O) groups excluding carboxylic acids is 1. The maximum absolute atomic E-state index is 12.8. The molecule has 1 N–H and O–H groups in total. The maximum atomic E-state index is 12.8. The van der Waals surface area contributed by atoms with Gasteiger partial charge in [-0.3, -0.25) is 4.79 Å². The Balaban J connectivity index is 2.15. The van der Waals surface area contributed by atoms with E-state index in [9.17, 15) is 9.90 Å². The first-order chi connectivity index (χ1) is 10.2. The highest BCUT2D eigenvalue weighted by atomic mass is 16.3. The van der Waals surface area contributed by atoms with Crippen LogP contribution in [0, 0.1) is 34.0 Å². The molecule has 124 valence electrons. The third-order valence-electron chi connectivity index (χ3n) is 8.29. The molecular formula is C20H32O2. The topological polar surface area (TPSA) is 37.3 Å². The maximum Gasteiger partial charge on any atom is 0.137 e. The van der Waals surface area contributed by atoms with Gasteiger partial charge in [0.2, 0.25) is 0 Å². The fraction of sp³-hybridized carbons (Fsp3) is 0.850. The first kappa shape index (κ1) is 16.2. The van der Waals surface area contributed by atoms with Crippen LogP contribution in [0.1, 0.15) is 66.2 Å². The van der Waals surface area contributed by atoms with Gasteiger partial charge >= 0.3 is 0 Å². The van der Waals surface area contributed by atoms with Crippen molar-refractivity contribution in [2.45, 2.75) is 72.3 Å². The van der Waals surface area contributed by atoms with Crippen molar-refractivity contribution in [2.75, 3.05) is 0 Å². The highest BCUT2D eigenvalue weighted by molar-refractivity contribution is 5.85. The molecule has 0 radical (unpaired) electrons. The standard InChI is InChI=1S/C20H32O2/c1-6-18(4)11-12-19(5)13(2)7-9-20(14(3)17(18)22)10-8-15(21)16(19)20/h6,13-14,16-17,22H,1,7-12H2,2-5H3/t13?,14-,16-,17-,18+,19+,20-/m0/s1. The molecule has 1 unspecified atom stereocenters. The predicted octanol–water partition coefficient (Wildman–Crippen LogP) is 4.37. The van der Waals surface area contributed by atoms with E-state index in [2.05, 4.69) is 34.3 Å². The minimum absolute atomic E-state index is 0.0163. The number of aliphatic hydroxyl groups excluding tert-OH is 1. The quantitative estimate of drug-likeness (QED) is 0.730. The van der Waals surface area contributed by atoms with E-state index in [0.717, 1.165) is 32.1 Å². The van der Waals surface area contributed by atoms with Gasteiger partial charge in [-0.15, -0.1) is 6.58 Å². The highest BCUT2D eigenvalue weighted by Crippen LogP contribution is 2.67. The highest BCUT2D eigenvalue weighted by Gasteiger charge is 2.64. The molecule has 0 saturated heterocycles. The van der Waals surface area contributed by atoms with Crippen molar-refractivity contribution >= 4 is 5.78 Å². The number of hydrogen-bond donors (Lipinski definition) is 1. The molecule has 0 heterocycles. The number of rotatable bonds is 1. The van der Waals surface area contributed by atoms with Gasteiger partial charge in [0.1, 0.15) is 5.78 Å². The lowest BCUT2D eigenvalue weighted by Crippen LogP contribution is -2.57. The lowest BCUT2D eigenvalue weighted by Gasteiger charge is -2.60. The molecule has 0 spiro atoms. The second kappa shape index (κ2) is 4.93. The van der Waals surface area contributed by atoms with E-state index in [0.29, 0.717) is 11.7 Å². The van der Waals surface area contributed by atoms with E-state index in [1.54, 1.807) is 0 Å². The van der Waals surface area contributed by atoms with Crippen molar-refractivity contribution < 1.29 is 9.90 Å². The number of Topliss-reactive ketones (excluding diaryl/α,β-unsaturated/α-hetero) is 1. The van der Waals surface area contributed by atoms with Gasteiger partial charge in [0.05, 0.1) is 6.10 Å². The lowest BCUT2D eigenvalue weighted by molar-refractivity contribution is -0.158. The van der Waals surface area contributed by atoms with Crippen molar-refractivity contribution in [2.24, 2.45) is 34.0 Å². The fourth-order valence-electron chi connectivity index (χ4n) is 6.26. The summed E-state index contributed by atoms with van der Waals surface area (Å²) in [7, 11) is 0. The van der Waals surface area contributed by atoms with Crippen LogP contribution in [0.5, 0.6) is 0 Å². The Morgan fingerprint density at radius 2 is 1.86 bits per heavy atom. The van der Waals surface area contributed by atoms with E-state index < -0.39 is 6.10 Å². The first-order valence-corrected chi connectivity index (χ1v) is 9.06. The summed E-state index contributed by atoms with van der Waals surface area (Å²) in [5.74, 6) is 1.38. The average Bonchev–Trinajstić information content (AvgIpc) is 2.86. The molecule has 2 nitrogen and oxygen atoms in total. The molecule has 0 amide bonds. The summed E-state index contributed by atoms with van der Waals surface area (Å²) < 4.78 is 0. The molecule has 3 rings (SSSR count). The molecule has 0 aliphatic heterocycles. The number of ketones is 1. The van der Waals surface area contributed by atoms with Crippen LogP contribution in [-0.2, 0) is 4.79 Å². The van der Waals surface area contributed by atoms with E-state index in [-0.39, 0.29) is 28.1 Å². The Kier molecular flexibility index (Phi) is 3.64. The van der Waals surface area contributed by atoms with E-state index in [1.165, 1.54) is 6.42 Å². The van der Waals surface area contributed by atoms with Crippen LogP contribution in [0.3, 0.4) is 0 Å². The summed E-state index contributed by atoms with van der Waals surface area (Å²) in [6, 6.07) is 0. The van der Waals surface area contributed by atoms with Gasteiger partial charge < -0.3 is 5.11 Å². The Labute approximate surface area is 135 Å². The summed E-state index contributed by atoms with van der Waals surface area (Å²) in [6.45, 7) is 13.1. The zero-order chi connectivity index (χ0) is 16.3. The van der Waals surface area contributed by atoms with Crippen molar-refractivity contribution in [3.63, 3.8) is 0 Å². The Morgan fingerprint density at radius 1 is 1.18 bits per heavy atom. The molecule has 3 aliphatic carbocycles. The first-order valence-electron chi connectivity index (χ1n) is 9.06. The van der Waals surface area contributed by atoms with Crippen LogP contribution in [0.2, 0.25) is 0 Å². The van der Waals surface area contributed by atoms with Crippen LogP contribution in [0.4, 0.5) is 0 Å². The predicted molar refractivity (Wildman–Crippen MR) is 89.4 cm³/mol. The summed E-state index contributed by atoms with van der Waals surface area (Å²) in [5, 5.41) is 11.1. The number of hydrogen-bond acceptors (Lipinski definition) is 2. The Morgan fingerprint density at radius 3 is 2.50 bits per heavy atom. The van der Waals surface area contributed by atoms with Gasteiger partial charge in [-0.1, -0.05) is 33.8 Å². The van der Waals surface area contributed by atoms with Crippen molar-refractivity contribution in [1.82, 2.24) is 0 Å². The van der Waals surface area contributed by atoms with Crippen molar-refractivity contribution in [3.8, 4) is 0 Å². The van der Waals surface area contributed by atoms with Gasteiger partial charge in [0.25, 0.3) is 0 Å². The van der Waals surface area contributed by atoms with Gasteiger partial charge in [-0.25, -0.2) is 0 Å². The average molecular weight is 304 g/mol. The second-order valence-electron chi connectivity index (χ2n) is 9.02. The molecule has 7 atom stereocenters. The molecule has 2 heteroatoms. The SMILES string of the molecule is C=C[C@]1(C)CC[C@]2(C)C(C)CC[C@]3(CCC(=O)[C@H]32)[C@@H](C)[C@@H]1O. The Hall–Kier alpha value is -0.630. The lowest BCUT2D eigenvalue weighted by atomic mass is 9.44. The van der Waals surface area contributed by atoms with Crippen molar-refractivity contribution in [3.05, 3.63) is 12.7 Å². The molecular weight excluding hydrogens is 272 g/mol. The van der Waals surface area contributed by atoms with Gasteiger partial charge in [-0.2, -0.15) is 0 Å². The molecule has 0 aromatic carbocycles. The van der Waals surface area contributed by atoms with Crippen LogP contribution < -0.4 is 0 Å². The van der Waals surface area contributed by atoms with E-state index in [1.807, 2.05) is 6.08 Å². The van der Waals surface area contributed by atoms with Crippen LogP contribution in [-0.4, -0.2) is 17.0 Å². The summed E-state index contributed by atoms with van der Waals surface area (Å²) in [5.41, 5.74) is -0.131. The van der Waals surface area contributed by atoms with E-state index >= 15 is 0 Å².